The van der Waals surface area contributed by atoms with Crippen LogP contribution in [0, 0.1) is 6.92 Å². The minimum Gasteiger partial charge on any atom is -0.309 e. The van der Waals surface area contributed by atoms with Crippen LogP contribution in [0.3, 0.4) is 0 Å². The first kappa shape index (κ1) is 22.4. The SMILES string of the molecule is Cc1ccc(-n2c3ccccc3c3ccc4c(c32)-c2cccc3cccc-4c23)cc1-c1ccccc1C(C)C. The van der Waals surface area contributed by atoms with Gasteiger partial charge in [-0.15, -0.1) is 0 Å². The molecule has 0 spiro atoms. The lowest BCUT2D eigenvalue weighted by atomic mass is 9.90. The van der Waals surface area contributed by atoms with Gasteiger partial charge in [0.1, 0.15) is 0 Å². The van der Waals surface area contributed by atoms with Crippen LogP contribution in [0.15, 0.2) is 115 Å². The van der Waals surface area contributed by atoms with Gasteiger partial charge in [-0.3, -0.25) is 0 Å². The van der Waals surface area contributed by atoms with Gasteiger partial charge in [-0.2, -0.15) is 0 Å². The Morgan fingerprint density at radius 3 is 2.15 bits per heavy atom. The van der Waals surface area contributed by atoms with E-state index in [0.717, 1.165) is 0 Å². The van der Waals surface area contributed by atoms with Crippen molar-refractivity contribution in [3.8, 4) is 39.1 Å². The average Bonchev–Trinajstić information content (AvgIpc) is 3.48. The van der Waals surface area contributed by atoms with Crippen LogP contribution in [0.4, 0.5) is 0 Å². The minimum atomic E-state index is 0.458. The number of benzene rings is 6. The van der Waals surface area contributed by atoms with Gasteiger partial charge in [-0.25, -0.2) is 0 Å². The maximum atomic E-state index is 2.51. The molecule has 0 radical (unpaired) electrons. The summed E-state index contributed by atoms with van der Waals surface area (Å²) < 4.78 is 2.51. The summed E-state index contributed by atoms with van der Waals surface area (Å²) in [5.41, 5.74) is 14.4. The molecule has 0 saturated heterocycles. The van der Waals surface area contributed by atoms with Crippen LogP contribution in [0.5, 0.6) is 0 Å². The second-order valence-electron chi connectivity index (χ2n) is 11.2. The summed E-state index contributed by atoms with van der Waals surface area (Å²) in [4.78, 5) is 0. The second kappa shape index (κ2) is 8.19. The van der Waals surface area contributed by atoms with Gasteiger partial charge in [0.2, 0.25) is 0 Å². The van der Waals surface area contributed by atoms with Gasteiger partial charge >= 0.3 is 0 Å². The molecule has 6 aromatic carbocycles. The molecule has 0 N–H and O–H groups in total. The fourth-order valence-corrected chi connectivity index (χ4v) is 6.88. The molecule has 39 heavy (non-hydrogen) atoms. The van der Waals surface area contributed by atoms with Crippen LogP contribution in [-0.2, 0) is 0 Å². The van der Waals surface area contributed by atoms with E-state index in [4.69, 9.17) is 0 Å². The largest absolute Gasteiger partial charge is 0.309 e. The Morgan fingerprint density at radius 2 is 1.31 bits per heavy atom. The molecule has 1 nitrogen and oxygen atoms in total. The van der Waals surface area contributed by atoms with E-state index in [2.05, 4.69) is 141 Å². The van der Waals surface area contributed by atoms with Crippen LogP contribution < -0.4 is 0 Å². The summed E-state index contributed by atoms with van der Waals surface area (Å²) in [5, 5.41) is 5.27. The Balaban J connectivity index is 1.50. The van der Waals surface area contributed by atoms with E-state index >= 15 is 0 Å². The maximum Gasteiger partial charge on any atom is 0.0625 e. The molecular formula is C38H29N. The highest BCUT2D eigenvalue weighted by Crippen LogP contribution is 2.52. The molecule has 186 valence electrons. The van der Waals surface area contributed by atoms with E-state index < -0.39 is 0 Å². The molecule has 1 aromatic heterocycles. The highest BCUT2D eigenvalue weighted by Gasteiger charge is 2.27. The first-order valence-electron chi connectivity index (χ1n) is 13.9. The minimum absolute atomic E-state index is 0.458. The van der Waals surface area contributed by atoms with Crippen molar-refractivity contribution < 1.29 is 0 Å². The van der Waals surface area contributed by atoms with Crippen LogP contribution in [0.25, 0.3) is 71.6 Å². The van der Waals surface area contributed by atoms with Gasteiger partial charge in [-0.05, 0) is 80.8 Å². The van der Waals surface area contributed by atoms with E-state index in [1.807, 2.05) is 0 Å². The van der Waals surface area contributed by atoms with Crippen LogP contribution in [0.1, 0.15) is 30.9 Å². The van der Waals surface area contributed by atoms with Gasteiger partial charge in [-0.1, -0.05) is 111 Å². The molecule has 0 unspecified atom stereocenters. The lowest BCUT2D eigenvalue weighted by Gasteiger charge is -2.18. The summed E-state index contributed by atoms with van der Waals surface area (Å²) in [6.45, 7) is 6.80. The van der Waals surface area contributed by atoms with Crippen LogP contribution >= 0.6 is 0 Å². The quantitative estimate of drug-likeness (QED) is 0.228. The first-order chi connectivity index (χ1) is 19.1. The molecule has 0 amide bonds. The smallest absolute Gasteiger partial charge is 0.0625 e. The van der Waals surface area contributed by atoms with Crippen molar-refractivity contribution in [1.29, 1.82) is 0 Å². The van der Waals surface area contributed by atoms with Gasteiger partial charge in [0.05, 0.1) is 11.0 Å². The number of nitrogens with zero attached hydrogens (tertiary/aromatic N) is 1. The van der Waals surface area contributed by atoms with Crippen molar-refractivity contribution in [2.24, 2.45) is 0 Å². The highest BCUT2D eigenvalue weighted by molar-refractivity contribution is 6.24. The molecule has 8 rings (SSSR count). The zero-order valence-electron chi connectivity index (χ0n) is 22.5. The number of fused-ring (bicyclic) bond motifs is 7. The van der Waals surface area contributed by atoms with E-state index in [1.165, 1.54) is 82.8 Å². The Kier molecular flexibility index (Phi) is 4.70. The summed E-state index contributed by atoms with van der Waals surface area (Å²) >= 11 is 0. The zero-order valence-corrected chi connectivity index (χ0v) is 22.5. The highest BCUT2D eigenvalue weighted by atomic mass is 15.0. The summed E-state index contributed by atoms with van der Waals surface area (Å²) in [5.74, 6) is 0.458. The number of hydrogen-bond acceptors (Lipinski definition) is 0. The van der Waals surface area contributed by atoms with Crippen LogP contribution in [0.2, 0.25) is 0 Å². The van der Waals surface area contributed by atoms with Gasteiger partial charge in [0.25, 0.3) is 0 Å². The molecule has 1 heteroatoms. The number of aryl methyl sites for hydroxylation is 1. The lowest BCUT2D eigenvalue weighted by molar-refractivity contribution is 0.869. The molecule has 1 aliphatic carbocycles. The molecule has 0 saturated carbocycles. The second-order valence-corrected chi connectivity index (χ2v) is 11.2. The average molecular weight is 500 g/mol. The van der Waals surface area contributed by atoms with Crippen molar-refractivity contribution in [3.05, 3.63) is 126 Å². The van der Waals surface area contributed by atoms with Crippen molar-refractivity contribution >= 4 is 32.6 Å². The van der Waals surface area contributed by atoms with Gasteiger partial charge in [0.15, 0.2) is 0 Å². The van der Waals surface area contributed by atoms with E-state index in [0.29, 0.717) is 5.92 Å². The van der Waals surface area contributed by atoms with Crippen molar-refractivity contribution in [1.82, 2.24) is 4.57 Å². The topological polar surface area (TPSA) is 4.93 Å². The third-order valence-corrected chi connectivity index (χ3v) is 8.65. The predicted molar refractivity (Wildman–Crippen MR) is 167 cm³/mol. The third kappa shape index (κ3) is 3.08. The predicted octanol–water partition coefficient (Wildman–Crippen LogP) is 10.7. The summed E-state index contributed by atoms with van der Waals surface area (Å²) in [6, 6.07) is 42.9. The summed E-state index contributed by atoms with van der Waals surface area (Å²) in [7, 11) is 0. The summed E-state index contributed by atoms with van der Waals surface area (Å²) in [6.07, 6.45) is 0. The van der Waals surface area contributed by atoms with Crippen molar-refractivity contribution in [2.45, 2.75) is 26.7 Å². The molecule has 1 heterocycles. The Bertz CT molecular complexity index is 2100. The van der Waals surface area contributed by atoms with Crippen LogP contribution in [-0.4, -0.2) is 4.57 Å². The fourth-order valence-electron chi connectivity index (χ4n) is 6.88. The van der Waals surface area contributed by atoms with Gasteiger partial charge in [0, 0.05) is 22.0 Å². The third-order valence-electron chi connectivity index (χ3n) is 8.65. The van der Waals surface area contributed by atoms with Crippen molar-refractivity contribution in [2.75, 3.05) is 0 Å². The van der Waals surface area contributed by atoms with Crippen molar-refractivity contribution in [3.63, 3.8) is 0 Å². The standard InChI is InChI=1S/C38H29N/c1-23(2)27-12-4-5-13-28(27)34-22-26(19-18-24(34)3)39-35-17-7-6-14-29(35)32-21-20-31-30-15-8-10-25-11-9-16-33(36(25)30)37(31)38(32)39/h4-23H,1-3H3. The van der Waals surface area contributed by atoms with Gasteiger partial charge < -0.3 is 4.57 Å². The molecule has 0 aliphatic heterocycles. The molecular weight excluding hydrogens is 470 g/mol. The molecule has 0 fully saturated rings. The van der Waals surface area contributed by atoms with E-state index in [9.17, 15) is 0 Å². The Hall–Kier alpha value is -4.62. The molecule has 0 atom stereocenters. The Morgan fingerprint density at radius 1 is 0.564 bits per heavy atom. The normalized spacial score (nSPS) is 12.2. The molecule has 0 bridgehead atoms. The number of rotatable bonds is 3. The zero-order chi connectivity index (χ0) is 26.2. The number of para-hydroxylation sites is 1. The van der Waals surface area contributed by atoms with E-state index in [1.54, 1.807) is 0 Å². The molecule has 7 aromatic rings. The fraction of sp³-hybridized carbons (Fsp3) is 0.105. The monoisotopic (exact) mass is 499 g/mol. The first-order valence-corrected chi connectivity index (χ1v) is 13.9. The molecule has 1 aliphatic rings. The lowest BCUT2D eigenvalue weighted by Crippen LogP contribution is -1.99. The van der Waals surface area contributed by atoms with E-state index in [-0.39, 0.29) is 0 Å². The number of aromatic nitrogens is 1. The Labute approximate surface area is 229 Å². The number of hydrogen-bond donors (Lipinski definition) is 0. The maximum absolute atomic E-state index is 2.51.